The largest absolute Gasteiger partial charge is 0.466 e. The van der Waals surface area contributed by atoms with Crippen molar-refractivity contribution < 1.29 is 19.4 Å². The van der Waals surface area contributed by atoms with Gasteiger partial charge in [-0.15, -0.1) is 0 Å². The van der Waals surface area contributed by atoms with Crippen LogP contribution in [0.4, 0.5) is 0 Å². The topological polar surface area (TPSA) is 63.6 Å². The Kier molecular flexibility index (Phi) is 11.3. The number of ether oxygens (including phenoxy) is 1. The van der Waals surface area contributed by atoms with Gasteiger partial charge in [-0.05, 0) is 55.2 Å². The highest BCUT2D eigenvalue weighted by atomic mass is 16.5. The van der Waals surface area contributed by atoms with Crippen molar-refractivity contribution in [1.29, 1.82) is 0 Å². The molecule has 3 unspecified atom stereocenters. The molecular weight excluding hydrogens is 388 g/mol. The summed E-state index contributed by atoms with van der Waals surface area (Å²) in [5.41, 5.74) is 1.93. The highest BCUT2D eigenvalue weighted by Crippen LogP contribution is 2.35. The van der Waals surface area contributed by atoms with Crippen LogP contribution in [0.2, 0.25) is 0 Å². The Morgan fingerprint density at radius 2 is 1.87 bits per heavy atom. The molecule has 0 saturated carbocycles. The molecule has 1 aliphatic carbocycles. The van der Waals surface area contributed by atoms with E-state index >= 15 is 0 Å². The lowest BCUT2D eigenvalue weighted by atomic mass is 9.85. The van der Waals surface area contributed by atoms with Crippen LogP contribution in [0.1, 0.15) is 94.8 Å². The molecule has 1 N–H and O–H groups in total. The number of aliphatic hydroxyl groups excluding tert-OH is 1. The molecule has 31 heavy (non-hydrogen) atoms. The van der Waals surface area contributed by atoms with Gasteiger partial charge >= 0.3 is 5.97 Å². The number of aliphatic hydroxyl groups is 1. The highest BCUT2D eigenvalue weighted by molar-refractivity contribution is 5.98. The molecule has 1 aliphatic rings. The summed E-state index contributed by atoms with van der Waals surface area (Å²) in [7, 11) is 0. The summed E-state index contributed by atoms with van der Waals surface area (Å²) in [6.07, 6.45) is 15.3. The van der Waals surface area contributed by atoms with Crippen LogP contribution in [0.3, 0.4) is 0 Å². The van der Waals surface area contributed by atoms with E-state index < -0.39 is 6.10 Å². The molecule has 0 amide bonds. The number of benzene rings is 1. The summed E-state index contributed by atoms with van der Waals surface area (Å²) in [5, 5.41) is 10.4. The van der Waals surface area contributed by atoms with Gasteiger partial charge in [-0.25, -0.2) is 0 Å². The fourth-order valence-electron chi connectivity index (χ4n) is 3.97. The first-order valence-corrected chi connectivity index (χ1v) is 11.9. The molecule has 1 aromatic rings. The molecule has 4 heteroatoms. The zero-order chi connectivity index (χ0) is 22.5. The molecule has 3 atom stereocenters. The molecular formula is C27H38O4. The van der Waals surface area contributed by atoms with E-state index in [1.807, 2.05) is 37.3 Å². The molecule has 1 aromatic carbocycles. The molecule has 0 saturated heterocycles. The minimum absolute atomic E-state index is 0.126. The third-order valence-corrected chi connectivity index (χ3v) is 5.80. The third-order valence-electron chi connectivity index (χ3n) is 5.80. The van der Waals surface area contributed by atoms with Crippen molar-refractivity contribution in [2.24, 2.45) is 5.92 Å². The van der Waals surface area contributed by atoms with E-state index in [9.17, 15) is 14.7 Å². The van der Waals surface area contributed by atoms with Gasteiger partial charge in [-0.3, -0.25) is 9.59 Å². The number of ketones is 1. The average Bonchev–Trinajstić information content (AvgIpc) is 3.15. The predicted molar refractivity (Wildman–Crippen MR) is 125 cm³/mol. The van der Waals surface area contributed by atoms with Gasteiger partial charge in [0.15, 0.2) is 5.78 Å². The van der Waals surface area contributed by atoms with Crippen molar-refractivity contribution in [2.45, 2.75) is 83.7 Å². The Morgan fingerprint density at radius 1 is 1.10 bits per heavy atom. The fourth-order valence-corrected chi connectivity index (χ4v) is 3.97. The van der Waals surface area contributed by atoms with Crippen LogP contribution in [0, 0.1) is 5.92 Å². The van der Waals surface area contributed by atoms with Crippen molar-refractivity contribution in [1.82, 2.24) is 0 Å². The van der Waals surface area contributed by atoms with E-state index in [0.29, 0.717) is 13.0 Å². The first-order chi connectivity index (χ1) is 15.1. The van der Waals surface area contributed by atoms with Crippen LogP contribution in [0.5, 0.6) is 0 Å². The SMILES string of the molecule is CCCCCC(O)c1ccc(C2C(=O)C=CC2C/C=C\CCCC(=O)OCCC)cc1. The Bertz CT molecular complexity index is 732. The maximum absolute atomic E-state index is 12.5. The molecule has 0 heterocycles. The van der Waals surface area contributed by atoms with Gasteiger partial charge in [0.1, 0.15) is 0 Å². The third kappa shape index (κ3) is 8.45. The van der Waals surface area contributed by atoms with Gasteiger partial charge in [0.2, 0.25) is 0 Å². The second-order valence-electron chi connectivity index (χ2n) is 8.40. The number of carbonyl (C=O) groups is 2. The lowest BCUT2D eigenvalue weighted by Crippen LogP contribution is -2.13. The number of hydrogen-bond acceptors (Lipinski definition) is 4. The number of allylic oxidation sites excluding steroid dienone is 4. The normalized spacial score (nSPS) is 19.3. The molecule has 170 valence electrons. The minimum atomic E-state index is -0.434. The maximum Gasteiger partial charge on any atom is 0.305 e. The monoisotopic (exact) mass is 426 g/mol. The average molecular weight is 427 g/mol. The van der Waals surface area contributed by atoms with Crippen LogP contribution >= 0.6 is 0 Å². The quantitative estimate of drug-likeness (QED) is 0.218. The Labute approximate surface area is 187 Å². The summed E-state index contributed by atoms with van der Waals surface area (Å²) in [4.78, 5) is 24.0. The molecule has 4 nitrogen and oxygen atoms in total. The lowest BCUT2D eigenvalue weighted by molar-refractivity contribution is -0.143. The van der Waals surface area contributed by atoms with Crippen molar-refractivity contribution in [3.63, 3.8) is 0 Å². The molecule has 0 aromatic heterocycles. The van der Waals surface area contributed by atoms with Gasteiger partial charge in [-0.2, -0.15) is 0 Å². The van der Waals surface area contributed by atoms with Crippen molar-refractivity contribution in [2.75, 3.05) is 6.61 Å². The first-order valence-electron chi connectivity index (χ1n) is 11.9. The Balaban J connectivity index is 1.82. The standard InChI is InChI=1S/C27H38O4/c1-3-5-8-12-24(28)21-14-16-23(17-15-21)27-22(18-19-25(27)29)11-9-6-7-10-13-26(30)31-20-4-2/h6,9,14-19,22,24,27-28H,3-5,7-8,10-13,20H2,1-2H3/b9-6-. The van der Waals surface area contributed by atoms with E-state index in [-0.39, 0.29) is 23.6 Å². The predicted octanol–water partition coefficient (Wildman–Crippen LogP) is 6.21. The van der Waals surface area contributed by atoms with Crippen LogP contribution in [-0.4, -0.2) is 23.5 Å². The summed E-state index contributed by atoms with van der Waals surface area (Å²) in [5.74, 6) is 0.0189. The number of carbonyl (C=O) groups excluding carboxylic acids is 2. The lowest BCUT2D eigenvalue weighted by Gasteiger charge is -2.18. The van der Waals surface area contributed by atoms with E-state index in [0.717, 1.165) is 62.5 Å². The fraction of sp³-hybridized carbons (Fsp3) is 0.556. The van der Waals surface area contributed by atoms with Gasteiger partial charge in [0, 0.05) is 6.42 Å². The molecule has 0 radical (unpaired) electrons. The number of unbranched alkanes of at least 4 members (excludes halogenated alkanes) is 3. The summed E-state index contributed by atoms with van der Waals surface area (Å²) >= 11 is 0. The summed E-state index contributed by atoms with van der Waals surface area (Å²) in [6, 6.07) is 7.91. The molecule has 0 fully saturated rings. The van der Waals surface area contributed by atoms with Gasteiger partial charge in [0.05, 0.1) is 18.6 Å². The highest BCUT2D eigenvalue weighted by Gasteiger charge is 2.30. The summed E-state index contributed by atoms with van der Waals surface area (Å²) < 4.78 is 5.08. The smallest absolute Gasteiger partial charge is 0.305 e. The molecule has 2 rings (SSSR count). The number of hydrogen-bond donors (Lipinski definition) is 1. The van der Waals surface area contributed by atoms with Crippen LogP contribution in [0.25, 0.3) is 0 Å². The second-order valence-corrected chi connectivity index (χ2v) is 8.40. The minimum Gasteiger partial charge on any atom is -0.466 e. The van der Waals surface area contributed by atoms with Crippen LogP contribution in [-0.2, 0) is 14.3 Å². The van der Waals surface area contributed by atoms with Crippen LogP contribution in [0.15, 0.2) is 48.6 Å². The molecule has 0 spiro atoms. The van der Waals surface area contributed by atoms with Crippen molar-refractivity contribution in [3.8, 4) is 0 Å². The van der Waals surface area contributed by atoms with E-state index in [4.69, 9.17) is 4.74 Å². The van der Waals surface area contributed by atoms with Crippen LogP contribution < -0.4 is 0 Å². The van der Waals surface area contributed by atoms with Gasteiger partial charge < -0.3 is 9.84 Å². The Hall–Kier alpha value is -2.20. The molecule has 0 aliphatic heterocycles. The first kappa shape index (κ1) is 25.1. The Morgan fingerprint density at radius 3 is 2.58 bits per heavy atom. The number of rotatable bonds is 14. The number of esters is 1. The summed E-state index contributed by atoms with van der Waals surface area (Å²) in [6.45, 7) is 4.64. The second kappa shape index (κ2) is 14.0. The zero-order valence-electron chi connectivity index (χ0n) is 19.1. The molecule has 0 bridgehead atoms. The van der Waals surface area contributed by atoms with Crippen molar-refractivity contribution in [3.05, 3.63) is 59.7 Å². The van der Waals surface area contributed by atoms with E-state index in [2.05, 4.69) is 19.1 Å². The van der Waals surface area contributed by atoms with Crippen molar-refractivity contribution >= 4 is 11.8 Å². The van der Waals surface area contributed by atoms with E-state index in [1.54, 1.807) is 6.08 Å². The maximum atomic E-state index is 12.5. The van der Waals surface area contributed by atoms with E-state index in [1.165, 1.54) is 0 Å². The zero-order valence-corrected chi connectivity index (χ0v) is 19.1. The van der Waals surface area contributed by atoms with Gasteiger partial charge in [-0.1, -0.05) is 75.6 Å². The van der Waals surface area contributed by atoms with Gasteiger partial charge in [0.25, 0.3) is 0 Å².